The summed E-state index contributed by atoms with van der Waals surface area (Å²) in [5.41, 5.74) is 0.347. The molecule has 0 unspecified atom stereocenters. The lowest BCUT2D eigenvalue weighted by atomic mass is 10.2. The van der Waals surface area contributed by atoms with Crippen LogP contribution in [0.5, 0.6) is 0 Å². The Balaban J connectivity index is 2.99. The first-order valence-electron chi connectivity index (χ1n) is 5.05. The molecule has 94 valence electrons. The van der Waals surface area contributed by atoms with Crippen LogP contribution in [0.15, 0.2) is 24.3 Å². The van der Waals surface area contributed by atoms with Crippen molar-refractivity contribution in [3.8, 4) is 0 Å². The third kappa shape index (κ3) is 3.48. The Morgan fingerprint density at radius 1 is 1.44 bits per heavy atom. The average Bonchev–Trinajstić information content (AvgIpc) is 2.28. The molecule has 0 spiro atoms. The van der Waals surface area contributed by atoms with Crippen molar-refractivity contribution in [2.45, 2.75) is 13.8 Å². The van der Waals surface area contributed by atoms with E-state index in [4.69, 9.17) is 0 Å². The lowest BCUT2D eigenvalue weighted by Crippen LogP contribution is -2.29. The van der Waals surface area contributed by atoms with Crippen molar-refractivity contribution in [2.24, 2.45) is 0 Å². The highest BCUT2D eigenvalue weighted by atomic mass is 16.6. The number of hydrogen-bond acceptors (Lipinski definition) is 5. The van der Waals surface area contributed by atoms with Gasteiger partial charge in [0, 0.05) is 13.0 Å². The standard InChI is InChI=1S/C11H11N3O4/c1-3-4-10(15)13-11(16)8-5-7(2)12-9(6-8)14(17)18/h3-6H,1-2H3,(H,13,15,16)/b4-3+. The molecule has 7 heteroatoms. The summed E-state index contributed by atoms with van der Waals surface area (Å²) in [6.07, 6.45) is 2.66. The van der Waals surface area contributed by atoms with Gasteiger partial charge in [0.1, 0.15) is 0 Å². The van der Waals surface area contributed by atoms with Crippen LogP contribution in [0.4, 0.5) is 5.82 Å². The van der Waals surface area contributed by atoms with Gasteiger partial charge in [-0.3, -0.25) is 14.9 Å². The van der Waals surface area contributed by atoms with Gasteiger partial charge in [0.25, 0.3) is 5.91 Å². The maximum atomic E-state index is 11.6. The Morgan fingerprint density at radius 3 is 2.67 bits per heavy atom. The molecule has 0 fully saturated rings. The minimum absolute atomic E-state index is 0.0204. The largest absolute Gasteiger partial charge is 0.364 e. The van der Waals surface area contributed by atoms with Crippen molar-refractivity contribution in [3.05, 3.63) is 45.7 Å². The van der Waals surface area contributed by atoms with Crippen molar-refractivity contribution >= 4 is 17.6 Å². The van der Waals surface area contributed by atoms with Crippen molar-refractivity contribution in [3.63, 3.8) is 0 Å². The SMILES string of the molecule is C/C=C/C(=O)NC(=O)c1cc(C)nc([N+](=O)[O-])c1. The fourth-order valence-corrected chi connectivity index (χ4v) is 1.25. The summed E-state index contributed by atoms with van der Waals surface area (Å²) in [5, 5.41) is 12.7. The number of nitrogens with zero attached hydrogens (tertiary/aromatic N) is 2. The molecule has 0 atom stereocenters. The maximum absolute atomic E-state index is 11.6. The molecule has 1 aromatic rings. The van der Waals surface area contributed by atoms with E-state index < -0.39 is 22.6 Å². The van der Waals surface area contributed by atoms with Crippen LogP contribution < -0.4 is 5.32 Å². The number of aromatic nitrogens is 1. The summed E-state index contributed by atoms with van der Waals surface area (Å²) >= 11 is 0. The molecule has 2 amide bonds. The minimum Gasteiger partial charge on any atom is -0.358 e. The van der Waals surface area contributed by atoms with Gasteiger partial charge in [0.15, 0.2) is 5.69 Å². The highest BCUT2D eigenvalue weighted by Crippen LogP contribution is 2.12. The second-order valence-electron chi connectivity index (χ2n) is 3.43. The van der Waals surface area contributed by atoms with Gasteiger partial charge < -0.3 is 10.1 Å². The number of carbonyl (C=O) groups excluding carboxylic acids is 2. The number of allylic oxidation sites excluding steroid dienone is 1. The number of carbonyl (C=O) groups is 2. The molecule has 7 nitrogen and oxygen atoms in total. The molecule has 0 aliphatic carbocycles. The minimum atomic E-state index is -0.702. The van der Waals surface area contributed by atoms with Crippen molar-refractivity contribution in [1.29, 1.82) is 0 Å². The Labute approximate surface area is 103 Å². The first-order chi connectivity index (χ1) is 8.43. The number of imide groups is 1. The molecule has 0 saturated carbocycles. The zero-order chi connectivity index (χ0) is 13.7. The molecule has 0 bridgehead atoms. The molecule has 0 saturated heterocycles. The van der Waals surface area contributed by atoms with Crippen LogP contribution in [0.25, 0.3) is 0 Å². The predicted molar refractivity (Wildman–Crippen MR) is 62.9 cm³/mol. The zero-order valence-electron chi connectivity index (χ0n) is 9.84. The molecule has 0 radical (unpaired) electrons. The van der Waals surface area contributed by atoms with Crippen LogP contribution in [0.1, 0.15) is 23.0 Å². The highest BCUT2D eigenvalue weighted by Gasteiger charge is 2.16. The predicted octanol–water partition coefficient (Wildman–Crippen LogP) is 1.13. The average molecular weight is 249 g/mol. The lowest BCUT2D eigenvalue weighted by molar-refractivity contribution is -0.389. The van der Waals surface area contributed by atoms with E-state index in [9.17, 15) is 19.7 Å². The summed E-state index contributed by atoms with van der Waals surface area (Å²) in [7, 11) is 0. The molecular formula is C11H11N3O4. The topological polar surface area (TPSA) is 102 Å². The molecular weight excluding hydrogens is 238 g/mol. The number of hydrogen-bond donors (Lipinski definition) is 1. The van der Waals surface area contributed by atoms with Gasteiger partial charge in [-0.05, 0) is 29.0 Å². The Kier molecular flexibility index (Phi) is 4.25. The van der Waals surface area contributed by atoms with Gasteiger partial charge in [-0.1, -0.05) is 6.08 Å². The smallest absolute Gasteiger partial charge is 0.358 e. The van der Waals surface area contributed by atoms with Gasteiger partial charge in [-0.25, -0.2) is 0 Å². The number of aryl methyl sites for hydroxylation is 1. The van der Waals surface area contributed by atoms with E-state index in [1.165, 1.54) is 25.1 Å². The monoisotopic (exact) mass is 249 g/mol. The van der Waals surface area contributed by atoms with E-state index >= 15 is 0 Å². The molecule has 0 aliphatic rings. The van der Waals surface area contributed by atoms with E-state index in [1.54, 1.807) is 6.92 Å². The van der Waals surface area contributed by atoms with Crippen LogP contribution in [0.3, 0.4) is 0 Å². The third-order valence-electron chi connectivity index (χ3n) is 1.94. The fraction of sp³-hybridized carbons (Fsp3) is 0.182. The van der Waals surface area contributed by atoms with Crippen molar-refractivity contribution in [2.75, 3.05) is 0 Å². The maximum Gasteiger partial charge on any atom is 0.364 e. The second-order valence-corrected chi connectivity index (χ2v) is 3.43. The summed E-state index contributed by atoms with van der Waals surface area (Å²) in [6.45, 7) is 3.16. The van der Waals surface area contributed by atoms with E-state index in [2.05, 4.69) is 10.3 Å². The first-order valence-corrected chi connectivity index (χ1v) is 5.05. The van der Waals surface area contributed by atoms with Crippen LogP contribution in [0.2, 0.25) is 0 Å². The number of nitro groups is 1. The Hall–Kier alpha value is -2.57. The van der Waals surface area contributed by atoms with E-state index in [-0.39, 0.29) is 5.56 Å². The van der Waals surface area contributed by atoms with Gasteiger partial charge in [-0.2, -0.15) is 0 Å². The number of rotatable bonds is 3. The van der Waals surface area contributed by atoms with E-state index in [0.29, 0.717) is 5.69 Å². The van der Waals surface area contributed by atoms with Crippen molar-refractivity contribution in [1.82, 2.24) is 10.3 Å². The summed E-state index contributed by atoms with van der Waals surface area (Å²) < 4.78 is 0. The summed E-state index contributed by atoms with van der Waals surface area (Å²) in [4.78, 5) is 36.3. The zero-order valence-corrected chi connectivity index (χ0v) is 9.84. The Bertz CT molecular complexity index is 537. The number of amides is 2. The van der Waals surface area contributed by atoms with Crippen LogP contribution in [0, 0.1) is 17.0 Å². The molecule has 18 heavy (non-hydrogen) atoms. The van der Waals surface area contributed by atoms with Gasteiger partial charge in [-0.15, -0.1) is 0 Å². The third-order valence-corrected chi connectivity index (χ3v) is 1.94. The van der Waals surface area contributed by atoms with Gasteiger partial charge >= 0.3 is 5.82 Å². The van der Waals surface area contributed by atoms with Gasteiger partial charge in [0.2, 0.25) is 5.91 Å². The highest BCUT2D eigenvalue weighted by molar-refractivity contribution is 6.08. The van der Waals surface area contributed by atoms with Crippen LogP contribution in [-0.2, 0) is 4.79 Å². The summed E-state index contributed by atoms with van der Waals surface area (Å²) in [6, 6.07) is 2.39. The normalized spacial score (nSPS) is 10.3. The van der Waals surface area contributed by atoms with E-state index in [1.807, 2.05) is 0 Å². The van der Waals surface area contributed by atoms with Crippen LogP contribution in [-0.4, -0.2) is 21.7 Å². The summed E-state index contributed by atoms with van der Waals surface area (Å²) in [5.74, 6) is -1.72. The molecule has 1 rings (SSSR count). The van der Waals surface area contributed by atoms with Crippen LogP contribution >= 0.6 is 0 Å². The molecule has 1 heterocycles. The molecule has 0 aliphatic heterocycles. The second kappa shape index (κ2) is 5.67. The van der Waals surface area contributed by atoms with E-state index in [0.717, 1.165) is 6.07 Å². The molecule has 0 aromatic carbocycles. The number of pyridine rings is 1. The quantitative estimate of drug-likeness (QED) is 0.491. The van der Waals surface area contributed by atoms with Crippen molar-refractivity contribution < 1.29 is 14.5 Å². The van der Waals surface area contributed by atoms with Gasteiger partial charge in [0.05, 0.1) is 5.56 Å². The lowest BCUT2D eigenvalue weighted by Gasteiger charge is -2.01. The fourth-order valence-electron chi connectivity index (χ4n) is 1.25. The molecule has 1 aromatic heterocycles. The Morgan fingerprint density at radius 2 is 2.11 bits per heavy atom. The molecule has 1 N–H and O–H groups in total. The first kappa shape index (κ1) is 13.5. The number of nitrogens with one attached hydrogen (secondary N) is 1.